The molecule has 0 radical (unpaired) electrons. The molecule has 0 aromatic heterocycles. The van der Waals surface area contributed by atoms with Gasteiger partial charge in [0.2, 0.25) is 0 Å². The van der Waals surface area contributed by atoms with Crippen LogP contribution in [0.1, 0.15) is 37.7 Å². The number of aliphatic imine (C=N–C) groups is 1. The minimum atomic E-state index is 0.390. The van der Waals surface area contributed by atoms with Crippen molar-refractivity contribution >= 4 is 21.8 Å². The van der Waals surface area contributed by atoms with Gasteiger partial charge in [-0.2, -0.15) is 0 Å². The van der Waals surface area contributed by atoms with Crippen LogP contribution in [0.2, 0.25) is 0 Å². The van der Waals surface area contributed by atoms with E-state index in [2.05, 4.69) is 21.4 Å². The SMILES string of the molecule is COc1ccc(C(=NC2CCCCC2)NN)cc1Br. The van der Waals surface area contributed by atoms with Crippen LogP contribution in [0, 0.1) is 0 Å². The Morgan fingerprint density at radius 3 is 2.68 bits per heavy atom. The van der Waals surface area contributed by atoms with E-state index < -0.39 is 0 Å². The molecule has 1 saturated carbocycles. The predicted molar refractivity (Wildman–Crippen MR) is 81.4 cm³/mol. The fourth-order valence-corrected chi connectivity index (χ4v) is 2.94. The highest BCUT2D eigenvalue weighted by atomic mass is 79.9. The molecule has 0 spiro atoms. The quantitative estimate of drug-likeness (QED) is 0.388. The van der Waals surface area contributed by atoms with Crippen molar-refractivity contribution in [2.75, 3.05) is 7.11 Å². The second kappa shape index (κ2) is 6.91. The minimum Gasteiger partial charge on any atom is -0.496 e. The molecule has 0 saturated heterocycles. The lowest BCUT2D eigenvalue weighted by Crippen LogP contribution is -2.32. The summed E-state index contributed by atoms with van der Waals surface area (Å²) >= 11 is 3.48. The van der Waals surface area contributed by atoms with Crippen molar-refractivity contribution in [2.24, 2.45) is 10.8 Å². The first-order chi connectivity index (χ1) is 9.24. The van der Waals surface area contributed by atoms with Crippen LogP contribution in [0.5, 0.6) is 5.75 Å². The highest BCUT2D eigenvalue weighted by Gasteiger charge is 2.14. The molecule has 1 aliphatic carbocycles. The zero-order valence-corrected chi connectivity index (χ0v) is 12.7. The van der Waals surface area contributed by atoms with Gasteiger partial charge in [0.25, 0.3) is 0 Å². The van der Waals surface area contributed by atoms with Gasteiger partial charge in [-0.3, -0.25) is 4.99 Å². The maximum Gasteiger partial charge on any atom is 0.142 e. The number of amidine groups is 1. The third kappa shape index (κ3) is 3.70. The monoisotopic (exact) mass is 325 g/mol. The number of hydrogen-bond acceptors (Lipinski definition) is 3. The summed E-state index contributed by atoms with van der Waals surface area (Å²) in [6.45, 7) is 0. The average Bonchev–Trinajstić information content (AvgIpc) is 2.46. The molecule has 104 valence electrons. The Balaban J connectivity index is 2.20. The number of nitrogens with zero attached hydrogens (tertiary/aromatic N) is 1. The third-order valence-electron chi connectivity index (χ3n) is 3.45. The van der Waals surface area contributed by atoms with Crippen molar-refractivity contribution in [2.45, 2.75) is 38.1 Å². The molecule has 19 heavy (non-hydrogen) atoms. The summed E-state index contributed by atoms with van der Waals surface area (Å²) in [6.07, 6.45) is 6.16. The first-order valence-electron chi connectivity index (χ1n) is 6.63. The molecule has 4 nitrogen and oxygen atoms in total. The van der Waals surface area contributed by atoms with Gasteiger partial charge in [0.05, 0.1) is 17.6 Å². The fourth-order valence-electron chi connectivity index (χ4n) is 2.40. The summed E-state index contributed by atoms with van der Waals surface area (Å²) in [6, 6.07) is 6.24. The topological polar surface area (TPSA) is 59.6 Å². The molecule has 1 fully saturated rings. The van der Waals surface area contributed by atoms with E-state index in [1.54, 1.807) is 7.11 Å². The van der Waals surface area contributed by atoms with E-state index >= 15 is 0 Å². The summed E-state index contributed by atoms with van der Waals surface area (Å²) in [4.78, 5) is 4.74. The number of rotatable bonds is 3. The summed E-state index contributed by atoms with van der Waals surface area (Å²) in [7, 11) is 1.65. The zero-order chi connectivity index (χ0) is 13.7. The number of hydrogen-bond donors (Lipinski definition) is 2. The van der Waals surface area contributed by atoms with Gasteiger partial charge in [0.1, 0.15) is 11.6 Å². The number of nitrogens with two attached hydrogens (primary N) is 1. The Bertz CT molecular complexity index is 456. The first-order valence-corrected chi connectivity index (χ1v) is 7.42. The van der Waals surface area contributed by atoms with Crippen LogP contribution in [0.3, 0.4) is 0 Å². The van der Waals surface area contributed by atoms with Crippen LogP contribution in [0.15, 0.2) is 27.7 Å². The van der Waals surface area contributed by atoms with Crippen molar-refractivity contribution < 1.29 is 4.74 Å². The maximum absolute atomic E-state index is 5.62. The Morgan fingerprint density at radius 1 is 1.37 bits per heavy atom. The van der Waals surface area contributed by atoms with Crippen LogP contribution in [0.4, 0.5) is 0 Å². The third-order valence-corrected chi connectivity index (χ3v) is 4.07. The Morgan fingerprint density at radius 2 is 2.11 bits per heavy atom. The molecule has 0 aliphatic heterocycles. The lowest BCUT2D eigenvalue weighted by molar-refractivity contribution is 0.412. The van der Waals surface area contributed by atoms with E-state index in [1.165, 1.54) is 19.3 Å². The number of benzene rings is 1. The van der Waals surface area contributed by atoms with Crippen molar-refractivity contribution in [1.29, 1.82) is 0 Å². The summed E-state index contributed by atoms with van der Waals surface area (Å²) in [5, 5.41) is 0. The van der Waals surface area contributed by atoms with Gasteiger partial charge >= 0.3 is 0 Å². The summed E-state index contributed by atoms with van der Waals surface area (Å²) in [5.74, 6) is 7.16. The van der Waals surface area contributed by atoms with Gasteiger partial charge in [-0.25, -0.2) is 5.84 Å². The lowest BCUT2D eigenvalue weighted by Gasteiger charge is -2.19. The van der Waals surface area contributed by atoms with Crippen LogP contribution < -0.4 is 16.0 Å². The van der Waals surface area contributed by atoms with Crippen LogP contribution in [0.25, 0.3) is 0 Å². The van der Waals surface area contributed by atoms with Gasteiger partial charge in [-0.05, 0) is 47.0 Å². The smallest absolute Gasteiger partial charge is 0.142 e. The molecule has 0 atom stereocenters. The molecule has 0 heterocycles. The van der Waals surface area contributed by atoms with Gasteiger partial charge in [0.15, 0.2) is 0 Å². The molecule has 5 heteroatoms. The molecule has 2 rings (SSSR count). The highest BCUT2D eigenvalue weighted by molar-refractivity contribution is 9.10. The van der Waals surface area contributed by atoms with E-state index in [4.69, 9.17) is 15.6 Å². The normalized spacial score (nSPS) is 17.3. The number of methoxy groups -OCH3 is 1. The number of ether oxygens (including phenoxy) is 1. The van der Waals surface area contributed by atoms with E-state index in [9.17, 15) is 0 Å². The molecule has 3 N–H and O–H groups in total. The molecule has 0 bridgehead atoms. The molecule has 1 aliphatic rings. The van der Waals surface area contributed by atoms with E-state index in [0.717, 1.165) is 34.5 Å². The summed E-state index contributed by atoms with van der Waals surface area (Å²) in [5.41, 5.74) is 3.69. The maximum atomic E-state index is 5.62. The van der Waals surface area contributed by atoms with Crippen molar-refractivity contribution in [3.8, 4) is 5.75 Å². The van der Waals surface area contributed by atoms with E-state index in [1.807, 2.05) is 18.2 Å². The van der Waals surface area contributed by atoms with Gasteiger partial charge in [0, 0.05) is 5.56 Å². The second-order valence-corrected chi connectivity index (χ2v) is 5.62. The van der Waals surface area contributed by atoms with Crippen LogP contribution in [-0.2, 0) is 0 Å². The highest BCUT2D eigenvalue weighted by Crippen LogP contribution is 2.26. The average molecular weight is 326 g/mol. The van der Waals surface area contributed by atoms with Gasteiger partial charge in [-0.1, -0.05) is 19.3 Å². The first kappa shape index (κ1) is 14.3. The zero-order valence-electron chi connectivity index (χ0n) is 11.2. The second-order valence-electron chi connectivity index (χ2n) is 4.76. The van der Waals surface area contributed by atoms with E-state index in [0.29, 0.717) is 6.04 Å². The number of halogens is 1. The van der Waals surface area contributed by atoms with Crippen molar-refractivity contribution in [1.82, 2.24) is 5.43 Å². The van der Waals surface area contributed by atoms with Crippen molar-refractivity contribution in [3.05, 3.63) is 28.2 Å². The Labute approximate surface area is 122 Å². The van der Waals surface area contributed by atoms with Gasteiger partial charge in [-0.15, -0.1) is 0 Å². The summed E-state index contributed by atoms with van der Waals surface area (Å²) < 4.78 is 6.13. The van der Waals surface area contributed by atoms with E-state index in [-0.39, 0.29) is 0 Å². The molecule has 1 aromatic carbocycles. The fraction of sp³-hybridized carbons (Fsp3) is 0.500. The predicted octanol–water partition coefficient (Wildman–Crippen LogP) is 3.00. The number of nitrogens with one attached hydrogen (secondary N) is 1. The molecule has 0 unspecified atom stereocenters. The molecular weight excluding hydrogens is 306 g/mol. The Kier molecular flexibility index (Phi) is 5.22. The minimum absolute atomic E-state index is 0.390. The van der Waals surface area contributed by atoms with Crippen LogP contribution >= 0.6 is 15.9 Å². The molecule has 0 amide bonds. The molecule has 1 aromatic rings. The molecular formula is C14H20BrN3O. The number of hydrazine groups is 1. The Hall–Kier alpha value is -1.07. The standard InChI is InChI=1S/C14H20BrN3O/c1-19-13-8-7-10(9-12(13)15)14(18-16)17-11-5-3-2-4-6-11/h7-9,11H,2-6,16H2,1H3,(H,17,18). The van der Waals surface area contributed by atoms with Crippen molar-refractivity contribution in [3.63, 3.8) is 0 Å². The largest absolute Gasteiger partial charge is 0.496 e. The lowest BCUT2D eigenvalue weighted by atomic mass is 9.96. The van der Waals surface area contributed by atoms with Crippen LogP contribution in [-0.4, -0.2) is 19.0 Å². The van der Waals surface area contributed by atoms with Gasteiger partial charge < -0.3 is 10.2 Å².